The summed E-state index contributed by atoms with van der Waals surface area (Å²) >= 11 is 0. The maximum absolute atomic E-state index is 11.9. The zero-order chi connectivity index (χ0) is 19.8. The zero-order valence-corrected chi connectivity index (χ0v) is 17.8. The molecule has 0 unspecified atom stereocenters. The van der Waals surface area contributed by atoms with Crippen molar-refractivity contribution in [2.24, 2.45) is 0 Å². The second kappa shape index (κ2) is 7.67. The van der Waals surface area contributed by atoms with E-state index >= 15 is 0 Å². The molecule has 0 aromatic heterocycles. The van der Waals surface area contributed by atoms with Crippen molar-refractivity contribution < 1.29 is 13.2 Å². The minimum atomic E-state index is -3.00. The van der Waals surface area contributed by atoms with Crippen molar-refractivity contribution in [3.8, 4) is 5.75 Å². The highest BCUT2D eigenvalue weighted by Gasteiger charge is 2.30. The molecule has 0 atom stereocenters. The second-order valence-corrected chi connectivity index (χ2v) is 10.1. The Morgan fingerprint density at radius 3 is 2.30 bits per heavy atom. The number of fused-ring (bicyclic) bond motifs is 2. The van der Waals surface area contributed by atoms with Gasteiger partial charge in [0, 0.05) is 6.42 Å². The maximum Gasteiger partial charge on any atom is 0.179 e. The highest BCUT2D eigenvalue weighted by atomic mass is 32.2. The molecule has 0 N–H and O–H groups in total. The molecule has 2 heterocycles. The van der Waals surface area contributed by atoms with Gasteiger partial charge in [0.1, 0.15) is 5.75 Å². The molecule has 0 bridgehead atoms. The van der Waals surface area contributed by atoms with Crippen LogP contribution in [0.4, 0.5) is 0 Å². The fraction of sp³-hybridized carbons (Fsp3) is 0.478. The minimum absolute atomic E-state index is 0.271. The zero-order valence-electron chi connectivity index (χ0n) is 17.0. The lowest BCUT2D eigenvalue weighted by Crippen LogP contribution is -2.04. The van der Waals surface area contributed by atoms with Gasteiger partial charge in [0.2, 0.25) is 0 Å². The van der Waals surface area contributed by atoms with Gasteiger partial charge in [0.05, 0.1) is 17.3 Å². The molecule has 146 valence electrons. The summed E-state index contributed by atoms with van der Waals surface area (Å²) in [7, 11) is -3.00. The molecule has 4 rings (SSSR count). The largest absolute Gasteiger partial charge is 0.493 e. The Bertz CT molecular complexity index is 940. The Kier molecular flexibility index (Phi) is 5.66. The van der Waals surface area contributed by atoms with Gasteiger partial charge in [-0.05, 0) is 53.0 Å². The van der Waals surface area contributed by atoms with Crippen LogP contribution in [-0.4, -0.2) is 20.8 Å². The molecular formula is C23H30O3S. The van der Waals surface area contributed by atoms with E-state index in [-0.39, 0.29) is 11.7 Å². The number of hydrogen-bond acceptors (Lipinski definition) is 3. The van der Waals surface area contributed by atoms with E-state index in [4.69, 9.17) is 4.74 Å². The summed E-state index contributed by atoms with van der Waals surface area (Å²) in [5.41, 5.74) is 5.86. The van der Waals surface area contributed by atoms with Crippen LogP contribution in [0.1, 0.15) is 67.3 Å². The molecule has 2 aromatic rings. The topological polar surface area (TPSA) is 43.4 Å². The summed E-state index contributed by atoms with van der Waals surface area (Å²) in [5.74, 6) is 2.27. The number of hydrogen-bond donors (Lipinski definition) is 0. The molecule has 0 fully saturated rings. The van der Waals surface area contributed by atoms with E-state index in [9.17, 15) is 8.42 Å². The van der Waals surface area contributed by atoms with Crippen LogP contribution in [0.2, 0.25) is 0 Å². The van der Waals surface area contributed by atoms with Crippen LogP contribution >= 0.6 is 0 Å². The van der Waals surface area contributed by atoms with E-state index in [1.54, 1.807) is 0 Å². The standard InChI is InChI=1S/C12H16O2S.C11H14O/c1-8(2)10-5-4-9(3)11-6-7-15(13,14)12(10)11;1-8(2)10-5-3-4-9-6-7-12-11(9)10/h4-5,8H,6-7H2,1-3H3;3-5,8H,6-7H2,1-2H3. The Labute approximate surface area is 163 Å². The van der Waals surface area contributed by atoms with Gasteiger partial charge in [-0.3, -0.25) is 0 Å². The number of aryl methyl sites for hydroxylation is 1. The molecule has 27 heavy (non-hydrogen) atoms. The quantitative estimate of drug-likeness (QED) is 0.713. The molecule has 0 amide bonds. The molecule has 0 saturated heterocycles. The van der Waals surface area contributed by atoms with E-state index in [0.29, 0.717) is 17.2 Å². The summed E-state index contributed by atoms with van der Waals surface area (Å²) < 4.78 is 29.5. The molecule has 4 heteroatoms. The first kappa shape index (κ1) is 19.9. The van der Waals surface area contributed by atoms with Crippen LogP contribution in [0.5, 0.6) is 5.75 Å². The number of para-hydroxylation sites is 1. The summed E-state index contributed by atoms with van der Waals surface area (Å²) in [6.07, 6.45) is 1.76. The third-order valence-corrected chi connectivity index (χ3v) is 7.29. The number of sulfone groups is 1. The van der Waals surface area contributed by atoms with Crippen LogP contribution in [0.15, 0.2) is 35.2 Å². The summed E-state index contributed by atoms with van der Waals surface area (Å²) in [6.45, 7) is 11.3. The Morgan fingerprint density at radius 2 is 1.63 bits per heavy atom. The van der Waals surface area contributed by atoms with Crippen LogP contribution in [0.3, 0.4) is 0 Å². The fourth-order valence-corrected chi connectivity index (χ4v) is 5.89. The molecular weight excluding hydrogens is 356 g/mol. The summed E-state index contributed by atoms with van der Waals surface area (Å²) in [5, 5.41) is 0. The molecule has 0 radical (unpaired) electrons. The third-order valence-electron chi connectivity index (χ3n) is 5.45. The van der Waals surface area contributed by atoms with Crippen molar-refractivity contribution in [2.45, 2.75) is 64.2 Å². The van der Waals surface area contributed by atoms with Gasteiger partial charge in [-0.25, -0.2) is 8.42 Å². The average molecular weight is 387 g/mol. The lowest BCUT2D eigenvalue weighted by atomic mass is 9.97. The van der Waals surface area contributed by atoms with E-state index in [1.807, 2.05) is 32.9 Å². The van der Waals surface area contributed by atoms with Crippen molar-refractivity contribution in [3.63, 3.8) is 0 Å². The van der Waals surface area contributed by atoms with Crippen LogP contribution < -0.4 is 4.74 Å². The predicted molar refractivity (Wildman–Crippen MR) is 111 cm³/mol. The average Bonchev–Trinajstić information content (AvgIpc) is 3.20. The normalized spacial score (nSPS) is 16.6. The predicted octanol–water partition coefficient (Wildman–Crippen LogP) is 5.19. The van der Waals surface area contributed by atoms with Crippen molar-refractivity contribution in [1.29, 1.82) is 0 Å². The summed E-state index contributed by atoms with van der Waals surface area (Å²) in [4.78, 5) is 0.623. The summed E-state index contributed by atoms with van der Waals surface area (Å²) in [6, 6.07) is 10.4. The van der Waals surface area contributed by atoms with Crippen LogP contribution in [0.25, 0.3) is 0 Å². The number of ether oxygens (including phenoxy) is 1. The molecule has 0 aliphatic carbocycles. The van der Waals surface area contributed by atoms with Gasteiger partial charge in [0.25, 0.3) is 0 Å². The van der Waals surface area contributed by atoms with E-state index in [0.717, 1.165) is 35.5 Å². The van der Waals surface area contributed by atoms with Gasteiger partial charge in [-0.1, -0.05) is 58.0 Å². The molecule has 0 spiro atoms. The monoisotopic (exact) mass is 386 g/mol. The third kappa shape index (κ3) is 3.91. The van der Waals surface area contributed by atoms with Gasteiger partial charge in [0.15, 0.2) is 9.84 Å². The van der Waals surface area contributed by atoms with Crippen molar-refractivity contribution in [2.75, 3.05) is 12.4 Å². The van der Waals surface area contributed by atoms with Crippen LogP contribution in [0, 0.1) is 6.92 Å². The Morgan fingerprint density at radius 1 is 0.926 bits per heavy atom. The Hall–Kier alpha value is -1.81. The van der Waals surface area contributed by atoms with Gasteiger partial charge < -0.3 is 4.74 Å². The molecule has 2 aliphatic rings. The molecule has 0 saturated carbocycles. The van der Waals surface area contributed by atoms with Gasteiger partial charge in [-0.15, -0.1) is 0 Å². The lowest BCUT2D eigenvalue weighted by molar-refractivity contribution is 0.352. The fourth-order valence-electron chi connectivity index (χ4n) is 3.91. The lowest BCUT2D eigenvalue weighted by Gasteiger charge is -2.12. The Balaban J connectivity index is 0.000000159. The van der Waals surface area contributed by atoms with Gasteiger partial charge >= 0.3 is 0 Å². The van der Waals surface area contributed by atoms with Crippen molar-refractivity contribution >= 4 is 9.84 Å². The SMILES string of the molecule is CC(C)c1cccc2c1OCC2.Cc1ccc(C(C)C)c2c1CCS2(=O)=O. The van der Waals surface area contributed by atoms with E-state index in [1.165, 1.54) is 11.1 Å². The molecule has 2 aliphatic heterocycles. The highest BCUT2D eigenvalue weighted by molar-refractivity contribution is 7.91. The maximum atomic E-state index is 11.9. The first-order valence-electron chi connectivity index (χ1n) is 9.82. The van der Waals surface area contributed by atoms with E-state index in [2.05, 4.69) is 32.0 Å². The minimum Gasteiger partial charge on any atom is -0.493 e. The van der Waals surface area contributed by atoms with Gasteiger partial charge in [-0.2, -0.15) is 0 Å². The smallest absolute Gasteiger partial charge is 0.179 e. The van der Waals surface area contributed by atoms with Crippen molar-refractivity contribution in [1.82, 2.24) is 0 Å². The van der Waals surface area contributed by atoms with E-state index < -0.39 is 9.84 Å². The number of rotatable bonds is 2. The first-order valence-corrected chi connectivity index (χ1v) is 11.5. The second-order valence-electron chi connectivity index (χ2n) is 8.09. The molecule has 2 aromatic carbocycles. The first-order chi connectivity index (χ1) is 12.7. The van der Waals surface area contributed by atoms with Crippen LogP contribution in [-0.2, 0) is 22.7 Å². The highest BCUT2D eigenvalue weighted by Crippen LogP contribution is 2.35. The number of benzene rings is 2. The van der Waals surface area contributed by atoms with Crippen molar-refractivity contribution in [3.05, 3.63) is 58.1 Å². The molecule has 3 nitrogen and oxygen atoms in total.